The Hall–Kier alpha value is -0.401. The number of hydrogen-bond donors (Lipinski definition) is 0. The first-order chi connectivity index (χ1) is 9.04. The van der Waals surface area contributed by atoms with Gasteiger partial charge in [0.2, 0.25) is 0 Å². The fraction of sp³-hybridized carbons (Fsp3) is 0.125. The molecular formula is C16H15Cl3CrNSi. The first kappa shape index (κ1) is 21.6. The van der Waals surface area contributed by atoms with Crippen LogP contribution in [0.3, 0.4) is 0 Å². The number of aromatic nitrogens is 1. The smallest absolute Gasteiger partial charge is 1.00 e. The maximum absolute atomic E-state index is 6.48. The molecule has 0 spiro atoms. The third-order valence-electron chi connectivity index (χ3n) is 3.38. The fourth-order valence-corrected chi connectivity index (χ4v) is 3.58. The molecule has 0 bridgehead atoms. The molecule has 0 atom stereocenters. The zero-order valence-electron chi connectivity index (χ0n) is 12.2. The van der Waals surface area contributed by atoms with Crippen LogP contribution in [0, 0.1) is 0 Å². The molecule has 3 rings (SSSR count). The van der Waals surface area contributed by atoms with Gasteiger partial charge in [-0.05, 0) is 11.5 Å². The van der Waals surface area contributed by atoms with Crippen LogP contribution in [0.1, 0.15) is 0 Å². The van der Waals surface area contributed by atoms with Gasteiger partial charge >= 0.3 is 17.4 Å². The standard InChI is InChI=1S/C16H15ClNSi.2ClH.Cr/c1-19(2,17)15-7-5-13(11-15)12-6-8-16-14(10-12)4-3-9-18-16;;;/h3-11H,1-2H3;2*1H;/q-1;;;+3/p-2. The van der Waals surface area contributed by atoms with Gasteiger partial charge in [0.25, 0.3) is 0 Å². The van der Waals surface area contributed by atoms with Crippen molar-refractivity contribution in [2.24, 2.45) is 0 Å². The minimum Gasteiger partial charge on any atom is -1.00 e. The van der Waals surface area contributed by atoms with Gasteiger partial charge in [0.1, 0.15) is 7.38 Å². The molecule has 6 heteroatoms. The molecule has 3 aromatic rings. The van der Waals surface area contributed by atoms with Crippen LogP contribution in [0.2, 0.25) is 13.1 Å². The summed E-state index contributed by atoms with van der Waals surface area (Å²) in [6.45, 7) is 4.30. The van der Waals surface area contributed by atoms with E-state index in [1.54, 1.807) is 0 Å². The van der Waals surface area contributed by atoms with Crippen LogP contribution >= 0.6 is 11.1 Å². The summed E-state index contributed by atoms with van der Waals surface area (Å²) >= 11 is 6.48. The van der Waals surface area contributed by atoms with E-state index in [1.165, 1.54) is 21.7 Å². The Balaban J connectivity index is 0.00000147. The van der Waals surface area contributed by atoms with Crippen LogP contribution in [-0.2, 0) is 17.4 Å². The second-order valence-electron chi connectivity index (χ2n) is 5.27. The van der Waals surface area contributed by atoms with Gasteiger partial charge in [-0.25, -0.2) is 0 Å². The maximum Gasteiger partial charge on any atom is 3.00 e. The van der Waals surface area contributed by atoms with Crippen LogP contribution < -0.4 is 30.0 Å². The molecule has 22 heavy (non-hydrogen) atoms. The number of halogens is 3. The van der Waals surface area contributed by atoms with Crippen molar-refractivity contribution in [3.8, 4) is 11.1 Å². The van der Waals surface area contributed by atoms with Gasteiger partial charge in [-0.1, -0.05) is 30.8 Å². The summed E-state index contributed by atoms with van der Waals surface area (Å²) in [6.07, 6.45) is 1.82. The van der Waals surface area contributed by atoms with Crippen molar-refractivity contribution in [1.82, 2.24) is 4.98 Å². The molecule has 115 valence electrons. The average Bonchev–Trinajstić information content (AvgIpc) is 2.87. The Labute approximate surface area is 160 Å². The molecule has 1 nitrogen and oxygen atoms in total. The summed E-state index contributed by atoms with van der Waals surface area (Å²) in [7, 11) is -1.74. The molecule has 2 aromatic carbocycles. The van der Waals surface area contributed by atoms with Crippen LogP contribution in [0.5, 0.6) is 0 Å². The summed E-state index contributed by atoms with van der Waals surface area (Å²) in [4.78, 5) is 4.35. The zero-order valence-corrected chi connectivity index (χ0v) is 16.7. The van der Waals surface area contributed by atoms with Gasteiger partial charge in [-0.3, -0.25) is 4.98 Å². The summed E-state index contributed by atoms with van der Waals surface area (Å²) in [5, 5.41) is 2.46. The minimum atomic E-state index is -1.74. The van der Waals surface area contributed by atoms with E-state index in [4.69, 9.17) is 11.1 Å². The topological polar surface area (TPSA) is 12.9 Å². The number of benzene rings is 1. The summed E-state index contributed by atoms with van der Waals surface area (Å²) in [5.74, 6) is 0. The first-order valence-corrected chi connectivity index (χ1v) is 10.4. The predicted molar refractivity (Wildman–Crippen MR) is 85.7 cm³/mol. The van der Waals surface area contributed by atoms with Crippen molar-refractivity contribution in [2.45, 2.75) is 13.1 Å². The summed E-state index contributed by atoms with van der Waals surface area (Å²) < 4.78 is 0. The van der Waals surface area contributed by atoms with E-state index in [0.717, 1.165) is 5.52 Å². The molecule has 0 aliphatic carbocycles. The molecule has 0 N–H and O–H groups in total. The van der Waals surface area contributed by atoms with Crippen LogP contribution in [-0.4, -0.2) is 12.4 Å². The molecular weight excluding hydrogens is 393 g/mol. The fourth-order valence-electron chi connectivity index (χ4n) is 2.25. The van der Waals surface area contributed by atoms with E-state index < -0.39 is 7.38 Å². The quantitative estimate of drug-likeness (QED) is 0.280. The van der Waals surface area contributed by atoms with Gasteiger partial charge in [-0.2, -0.15) is 11.1 Å². The average molecular weight is 408 g/mol. The maximum atomic E-state index is 6.48. The monoisotopic (exact) mass is 406 g/mol. The number of pyridine rings is 1. The number of nitrogens with zero attached hydrogens (tertiary/aromatic N) is 1. The molecule has 0 aliphatic heterocycles. The van der Waals surface area contributed by atoms with E-state index in [1.807, 2.05) is 12.3 Å². The second kappa shape index (κ2) is 8.45. The Morgan fingerprint density at radius 1 is 1.09 bits per heavy atom. The number of hydrogen-bond acceptors (Lipinski definition) is 1. The molecule has 0 amide bonds. The molecule has 0 aliphatic rings. The van der Waals surface area contributed by atoms with Crippen LogP contribution in [0.4, 0.5) is 0 Å². The predicted octanol–water partition coefficient (Wildman–Crippen LogP) is -1.72. The molecule has 0 unspecified atom stereocenters. The molecule has 1 heterocycles. The van der Waals surface area contributed by atoms with E-state index in [0.29, 0.717) is 0 Å². The van der Waals surface area contributed by atoms with Gasteiger partial charge in [0.15, 0.2) is 0 Å². The number of rotatable bonds is 2. The van der Waals surface area contributed by atoms with Crippen molar-refractivity contribution in [2.75, 3.05) is 0 Å². The molecule has 0 fully saturated rings. The largest absolute Gasteiger partial charge is 3.00 e. The normalized spacial score (nSPS) is 10.3. The Kier molecular flexibility index (Phi) is 8.30. The molecule has 1 aromatic heterocycles. The SMILES string of the molecule is C[Si](C)(Cl)c1cc[c-](-c2ccc3ncccc3c2)c1.[Cl-].[Cl-].[Cr+3]. The van der Waals surface area contributed by atoms with Crippen molar-refractivity contribution >= 4 is 34.6 Å². The molecule has 1 radical (unpaired) electrons. The molecule has 0 saturated heterocycles. The van der Waals surface area contributed by atoms with Crippen molar-refractivity contribution in [3.05, 3.63) is 54.7 Å². The van der Waals surface area contributed by atoms with Gasteiger partial charge in [-0.15, -0.1) is 41.1 Å². The minimum absolute atomic E-state index is 0. The summed E-state index contributed by atoms with van der Waals surface area (Å²) in [5.41, 5.74) is 3.49. The van der Waals surface area contributed by atoms with E-state index in [2.05, 4.69) is 60.5 Å². The van der Waals surface area contributed by atoms with E-state index >= 15 is 0 Å². The van der Waals surface area contributed by atoms with Crippen molar-refractivity contribution in [3.63, 3.8) is 0 Å². The number of fused-ring (bicyclic) bond motifs is 1. The Morgan fingerprint density at radius 3 is 2.45 bits per heavy atom. The Bertz CT molecular complexity index is 737. The van der Waals surface area contributed by atoms with E-state index in [-0.39, 0.29) is 42.2 Å². The van der Waals surface area contributed by atoms with Crippen LogP contribution in [0.25, 0.3) is 22.0 Å². The van der Waals surface area contributed by atoms with Gasteiger partial charge < -0.3 is 24.8 Å². The molecule has 0 saturated carbocycles. The summed E-state index contributed by atoms with van der Waals surface area (Å²) in [6, 6.07) is 17.0. The van der Waals surface area contributed by atoms with Crippen molar-refractivity contribution in [1.29, 1.82) is 0 Å². The van der Waals surface area contributed by atoms with Gasteiger partial charge in [0.05, 0.1) is 5.52 Å². The Morgan fingerprint density at radius 2 is 1.82 bits per heavy atom. The van der Waals surface area contributed by atoms with E-state index in [9.17, 15) is 0 Å². The zero-order chi connectivity index (χ0) is 13.5. The van der Waals surface area contributed by atoms with Gasteiger partial charge in [0, 0.05) is 6.20 Å². The first-order valence-electron chi connectivity index (χ1n) is 6.35. The van der Waals surface area contributed by atoms with Crippen molar-refractivity contribution < 1.29 is 42.2 Å². The third kappa shape index (κ3) is 4.55. The third-order valence-corrected chi connectivity index (χ3v) is 5.71. The second-order valence-corrected chi connectivity index (χ2v) is 11.6. The van der Waals surface area contributed by atoms with Crippen LogP contribution in [0.15, 0.2) is 54.7 Å².